The number of esters is 1. The minimum absolute atomic E-state index is 0.0826. The van der Waals surface area contributed by atoms with E-state index < -0.39 is 47.7 Å². The van der Waals surface area contributed by atoms with Gasteiger partial charge in [0, 0.05) is 41.7 Å². The summed E-state index contributed by atoms with van der Waals surface area (Å²) in [6.07, 6.45) is 5.61. The standard InChI is InChI=1S/C39H47BrClN3O7/c1-4-6-16-30(46)42-25(3)33(26-14-10-9-11-15-26)50-38(49)31-32-36(47)44(22-12-7-8-13-23-45)35(39(32)24-29(40)34(31)51-39)37(48)43(21-5-2)28-19-17-27(41)18-20-28/h4-5,9-11,14-15,17-20,25,29,31-35,45H,1-2,6-8,12-13,16,21-24H2,3H3,(H,42,46)/t25-,29?,31+,32-,33-,34+,35+,39-/m0/s1. The van der Waals surface area contributed by atoms with Crippen molar-refractivity contribution < 1.29 is 33.8 Å². The molecule has 3 fully saturated rings. The maximum absolute atomic E-state index is 14.8. The number of allylic oxidation sites excluding steroid dienone is 1. The van der Waals surface area contributed by atoms with E-state index in [1.807, 2.05) is 30.3 Å². The zero-order valence-electron chi connectivity index (χ0n) is 28.9. The van der Waals surface area contributed by atoms with Crippen LogP contribution in [0.15, 0.2) is 79.9 Å². The molecule has 0 saturated carbocycles. The minimum atomic E-state index is -1.29. The molecule has 2 N–H and O–H groups in total. The molecular formula is C39H47BrClN3O7. The molecule has 51 heavy (non-hydrogen) atoms. The van der Waals surface area contributed by atoms with E-state index in [0.29, 0.717) is 42.0 Å². The second-order valence-electron chi connectivity index (χ2n) is 13.5. The second kappa shape index (κ2) is 17.3. The van der Waals surface area contributed by atoms with Crippen molar-refractivity contribution >= 4 is 56.9 Å². The van der Waals surface area contributed by atoms with E-state index in [2.05, 4.69) is 34.4 Å². The Morgan fingerprint density at radius 2 is 1.82 bits per heavy atom. The Morgan fingerprint density at radius 3 is 2.49 bits per heavy atom. The fraction of sp³-hybridized carbons (Fsp3) is 0.487. The van der Waals surface area contributed by atoms with Crippen molar-refractivity contribution in [1.82, 2.24) is 10.2 Å². The summed E-state index contributed by atoms with van der Waals surface area (Å²) in [4.78, 5) is 59.4. The highest BCUT2D eigenvalue weighted by Crippen LogP contribution is 2.60. The van der Waals surface area contributed by atoms with Crippen molar-refractivity contribution in [2.24, 2.45) is 11.8 Å². The van der Waals surface area contributed by atoms with Crippen LogP contribution in [0.5, 0.6) is 0 Å². The van der Waals surface area contributed by atoms with Crippen LogP contribution >= 0.6 is 27.5 Å². The Labute approximate surface area is 313 Å². The summed E-state index contributed by atoms with van der Waals surface area (Å²) in [5.74, 6) is -3.44. The Balaban J connectivity index is 1.49. The number of benzene rings is 2. The number of carbonyl (C=O) groups is 4. The molecule has 274 valence electrons. The number of hydrogen-bond acceptors (Lipinski definition) is 7. The molecule has 8 atom stereocenters. The first-order chi connectivity index (χ1) is 24.6. The van der Waals surface area contributed by atoms with E-state index in [1.54, 1.807) is 53.1 Å². The molecule has 0 aromatic heterocycles. The van der Waals surface area contributed by atoms with Crippen LogP contribution in [0.3, 0.4) is 0 Å². The van der Waals surface area contributed by atoms with Crippen molar-refractivity contribution in [3.63, 3.8) is 0 Å². The molecule has 5 rings (SSSR count). The number of likely N-dealkylation sites (tertiary alicyclic amines) is 1. The number of alkyl halides is 1. The van der Waals surface area contributed by atoms with Gasteiger partial charge in [-0.05, 0) is 62.4 Å². The number of nitrogens with zero attached hydrogens (tertiary/aromatic N) is 2. The largest absolute Gasteiger partial charge is 0.455 e. The number of amides is 3. The molecule has 2 aromatic rings. The van der Waals surface area contributed by atoms with E-state index in [1.165, 1.54) is 0 Å². The monoisotopic (exact) mass is 783 g/mol. The van der Waals surface area contributed by atoms with E-state index in [0.717, 1.165) is 12.8 Å². The molecule has 12 heteroatoms. The average molecular weight is 785 g/mol. The van der Waals surface area contributed by atoms with Crippen LogP contribution in [-0.2, 0) is 28.7 Å². The van der Waals surface area contributed by atoms with Gasteiger partial charge in [-0.3, -0.25) is 19.2 Å². The molecule has 3 saturated heterocycles. The van der Waals surface area contributed by atoms with Gasteiger partial charge >= 0.3 is 5.97 Å². The van der Waals surface area contributed by atoms with Crippen molar-refractivity contribution in [3.8, 4) is 0 Å². The molecule has 0 aliphatic carbocycles. The Bertz CT molecular complexity index is 1580. The number of halogens is 2. The van der Waals surface area contributed by atoms with Gasteiger partial charge in [0.25, 0.3) is 5.91 Å². The average Bonchev–Trinajstić information content (AvgIpc) is 3.72. The Hall–Kier alpha value is -3.51. The summed E-state index contributed by atoms with van der Waals surface area (Å²) in [6, 6.07) is 14.5. The molecule has 1 unspecified atom stereocenters. The topological polar surface area (TPSA) is 125 Å². The predicted molar refractivity (Wildman–Crippen MR) is 199 cm³/mol. The number of carbonyl (C=O) groups excluding carboxylic acids is 4. The summed E-state index contributed by atoms with van der Waals surface area (Å²) < 4.78 is 13.0. The Kier molecular flexibility index (Phi) is 13.2. The molecule has 3 aliphatic rings. The number of nitrogens with one attached hydrogen (secondary N) is 1. The predicted octanol–water partition coefficient (Wildman–Crippen LogP) is 5.92. The quantitative estimate of drug-likeness (QED) is 0.0834. The lowest BCUT2D eigenvalue weighted by Gasteiger charge is -2.37. The number of ether oxygens (including phenoxy) is 2. The third-order valence-corrected chi connectivity index (χ3v) is 11.2. The molecule has 2 bridgehead atoms. The summed E-state index contributed by atoms with van der Waals surface area (Å²) >= 11 is 9.92. The van der Waals surface area contributed by atoms with Gasteiger partial charge in [-0.2, -0.15) is 0 Å². The molecular weight excluding hydrogens is 738 g/mol. The Morgan fingerprint density at radius 1 is 1.12 bits per heavy atom. The smallest absolute Gasteiger partial charge is 0.313 e. The SMILES string of the molecule is C=CCCC(=O)N[C@@H](C)[C@H](OC(=O)[C@H]1[C@@H]2O[C@@]3(CC2Br)[C@@H]1C(=O)N(CCCCCCO)[C@@H]3C(=O)N(CC=C)c1ccc(Cl)cc1)c1ccccc1. The van der Waals surface area contributed by atoms with E-state index >= 15 is 0 Å². The van der Waals surface area contributed by atoms with E-state index in [9.17, 15) is 24.3 Å². The van der Waals surface area contributed by atoms with Gasteiger partial charge in [-0.25, -0.2) is 0 Å². The van der Waals surface area contributed by atoms with E-state index in [-0.39, 0.29) is 48.7 Å². The van der Waals surface area contributed by atoms with Crippen LogP contribution in [0.2, 0.25) is 5.02 Å². The van der Waals surface area contributed by atoms with Crippen LogP contribution in [-0.4, -0.2) is 82.0 Å². The molecule has 3 aliphatic heterocycles. The first-order valence-corrected chi connectivity index (χ1v) is 18.9. The first kappa shape index (κ1) is 38.7. The van der Waals surface area contributed by atoms with Crippen LogP contribution in [0.1, 0.15) is 63.5 Å². The fourth-order valence-corrected chi connectivity index (χ4v) is 8.90. The molecule has 3 amide bonds. The summed E-state index contributed by atoms with van der Waals surface area (Å²) in [5, 5.41) is 12.8. The van der Waals surface area contributed by atoms with Crippen molar-refractivity contribution in [1.29, 1.82) is 0 Å². The van der Waals surface area contributed by atoms with Crippen LogP contribution in [0.4, 0.5) is 5.69 Å². The highest BCUT2D eigenvalue weighted by Gasteiger charge is 2.77. The molecule has 3 heterocycles. The second-order valence-corrected chi connectivity index (χ2v) is 15.1. The van der Waals surface area contributed by atoms with Crippen molar-refractivity contribution in [2.45, 2.75) is 86.6 Å². The molecule has 2 aromatic carbocycles. The third kappa shape index (κ3) is 8.11. The van der Waals surface area contributed by atoms with Gasteiger partial charge < -0.3 is 29.7 Å². The molecule has 1 spiro atoms. The maximum atomic E-state index is 14.8. The van der Waals surface area contributed by atoms with E-state index in [4.69, 9.17) is 21.1 Å². The van der Waals surface area contributed by atoms with Gasteiger partial charge in [0.2, 0.25) is 11.8 Å². The van der Waals surface area contributed by atoms with Crippen LogP contribution in [0.25, 0.3) is 0 Å². The number of anilines is 1. The zero-order valence-corrected chi connectivity index (χ0v) is 31.3. The van der Waals surface area contributed by atoms with Gasteiger partial charge in [-0.1, -0.05) is 82.9 Å². The molecule has 0 radical (unpaired) electrons. The number of rotatable bonds is 18. The van der Waals surface area contributed by atoms with Gasteiger partial charge in [-0.15, -0.1) is 13.2 Å². The van der Waals surface area contributed by atoms with Crippen molar-refractivity contribution in [3.05, 3.63) is 90.5 Å². The normalized spacial score (nSPS) is 25.9. The first-order valence-electron chi connectivity index (χ1n) is 17.6. The van der Waals surface area contributed by atoms with Crippen LogP contribution in [0, 0.1) is 11.8 Å². The number of unbranched alkanes of at least 4 members (excludes halogenated alkanes) is 3. The van der Waals surface area contributed by atoms with Gasteiger partial charge in [0.15, 0.2) is 0 Å². The third-order valence-electron chi connectivity index (χ3n) is 10.1. The van der Waals surface area contributed by atoms with Crippen molar-refractivity contribution in [2.75, 3.05) is 24.6 Å². The number of aliphatic hydroxyl groups excluding tert-OH is 1. The fourth-order valence-electron chi connectivity index (χ4n) is 7.83. The number of hydrogen-bond donors (Lipinski definition) is 2. The lowest BCUT2D eigenvalue weighted by molar-refractivity contribution is -0.162. The number of aliphatic hydroxyl groups is 1. The van der Waals surface area contributed by atoms with Gasteiger partial charge in [0.1, 0.15) is 17.7 Å². The zero-order chi connectivity index (χ0) is 36.7. The number of fused-ring (bicyclic) bond motifs is 1. The summed E-state index contributed by atoms with van der Waals surface area (Å²) in [6.45, 7) is 9.88. The highest BCUT2D eigenvalue weighted by molar-refractivity contribution is 9.09. The lowest BCUT2D eigenvalue weighted by atomic mass is 9.70. The van der Waals surface area contributed by atoms with Crippen LogP contribution < -0.4 is 10.2 Å². The molecule has 10 nitrogen and oxygen atoms in total. The maximum Gasteiger partial charge on any atom is 0.313 e. The lowest BCUT2D eigenvalue weighted by Crippen LogP contribution is -2.57. The highest BCUT2D eigenvalue weighted by atomic mass is 79.9. The summed E-state index contributed by atoms with van der Waals surface area (Å²) in [7, 11) is 0. The van der Waals surface area contributed by atoms with Gasteiger partial charge in [0.05, 0.1) is 24.0 Å². The summed E-state index contributed by atoms with van der Waals surface area (Å²) in [5.41, 5.74) is -0.0106. The minimum Gasteiger partial charge on any atom is -0.455 e.